The van der Waals surface area contributed by atoms with Crippen LogP contribution in [0.4, 0.5) is 5.69 Å². The molecule has 1 spiro atoms. The van der Waals surface area contributed by atoms with Crippen LogP contribution in [0.25, 0.3) is 0 Å². The lowest BCUT2D eigenvalue weighted by Crippen LogP contribution is -2.67. The molecule has 1 saturated heterocycles. The van der Waals surface area contributed by atoms with Crippen molar-refractivity contribution in [2.45, 2.75) is 25.4 Å². The van der Waals surface area contributed by atoms with Crippen LogP contribution >= 0.6 is 0 Å². The maximum absolute atomic E-state index is 12.8. The van der Waals surface area contributed by atoms with Crippen molar-refractivity contribution < 1.29 is 14.3 Å². The van der Waals surface area contributed by atoms with Gasteiger partial charge < -0.3 is 19.9 Å². The number of aryl methyl sites for hydroxylation is 1. The molecule has 1 fully saturated rings. The van der Waals surface area contributed by atoms with E-state index in [0.717, 1.165) is 17.0 Å². The Kier molecular flexibility index (Phi) is 4.49. The number of methoxy groups -OCH3 is 1. The molecule has 2 aromatic carbocycles. The van der Waals surface area contributed by atoms with E-state index in [4.69, 9.17) is 4.74 Å². The molecule has 0 radical (unpaired) electrons. The number of nitrogens with one attached hydrogen (secondary N) is 1. The van der Waals surface area contributed by atoms with Gasteiger partial charge in [-0.1, -0.05) is 11.6 Å². The first-order valence-corrected chi connectivity index (χ1v) is 9.54. The number of amides is 2. The predicted octanol–water partition coefficient (Wildman–Crippen LogP) is 2.82. The van der Waals surface area contributed by atoms with E-state index in [9.17, 15) is 9.59 Å². The van der Waals surface area contributed by atoms with Crippen LogP contribution in [-0.2, 0) is 0 Å². The highest BCUT2D eigenvalue weighted by atomic mass is 16.5. The zero-order chi connectivity index (χ0) is 19.9. The number of ether oxygens (including phenoxy) is 1. The van der Waals surface area contributed by atoms with Gasteiger partial charge in [0.05, 0.1) is 18.4 Å². The number of piperidine rings is 1. The Morgan fingerprint density at radius 1 is 1.11 bits per heavy atom. The molecular formula is C22H25N3O3. The molecule has 6 heteroatoms. The van der Waals surface area contributed by atoms with Crippen LogP contribution in [0.2, 0.25) is 0 Å². The smallest absolute Gasteiger partial charge is 0.255 e. The number of carbonyl (C=O) groups excluding carboxylic acids is 2. The molecule has 2 aliphatic rings. The van der Waals surface area contributed by atoms with Crippen LogP contribution in [0, 0.1) is 6.92 Å². The quantitative estimate of drug-likeness (QED) is 0.872. The highest BCUT2D eigenvalue weighted by molar-refractivity contribution is 6.02. The molecule has 2 amide bonds. The summed E-state index contributed by atoms with van der Waals surface area (Å²) in [6, 6.07) is 13.1. The second-order valence-electron chi connectivity index (χ2n) is 7.59. The number of likely N-dealkylation sites (tertiary alicyclic amines) is 1. The van der Waals surface area contributed by atoms with Crippen LogP contribution in [0.5, 0.6) is 5.75 Å². The van der Waals surface area contributed by atoms with Gasteiger partial charge in [-0.25, -0.2) is 0 Å². The Morgan fingerprint density at radius 3 is 2.43 bits per heavy atom. The van der Waals surface area contributed by atoms with Crippen LogP contribution in [-0.4, -0.2) is 49.6 Å². The molecule has 4 rings (SSSR count). The fraction of sp³-hybridized carbons (Fsp3) is 0.364. The fourth-order valence-corrected chi connectivity index (χ4v) is 4.17. The third-order valence-electron chi connectivity index (χ3n) is 5.96. The normalized spacial score (nSPS) is 17.9. The van der Waals surface area contributed by atoms with Gasteiger partial charge in [0.2, 0.25) is 0 Å². The minimum Gasteiger partial charge on any atom is -0.497 e. The summed E-state index contributed by atoms with van der Waals surface area (Å²) < 4.78 is 5.16. The number of carbonyl (C=O) groups is 2. The van der Waals surface area contributed by atoms with Gasteiger partial charge in [-0.05, 0) is 43.3 Å². The predicted molar refractivity (Wildman–Crippen MR) is 108 cm³/mol. The van der Waals surface area contributed by atoms with Crippen molar-refractivity contribution in [3.63, 3.8) is 0 Å². The molecule has 1 N–H and O–H groups in total. The summed E-state index contributed by atoms with van der Waals surface area (Å²) in [6.07, 6.45) is 1.37. The van der Waals surface area contributed by atoms with Crippen molar-refractivity contribution in [3.8, 4) is 5.75 Å². The van der Waals surface area contributed by atoms with Crippen LogP contribution < -0.4 is 15.0 Å². The van der Waals surface area contributed by atoms with E-state index in [1.54, 1.807) is 31.4 Å². The minimum absolute atomic E-state index is 0.0123. The molecule has 6 nitrogen and oxygen atoms in total. The van der Waals surface area contributed by atoms with Crippen molar-refractivity contribution >= 4 is 17.5 Å². The van der Waals surface area contributed by atoms with Gasteiger partial charge in [0, 0.05) is 38.5 Å². The molecule has 0 bridgehead atoms. The summed E-state index contributed by atoms with van der Waals surface area (Å²) >= 11 is 0. The average Bonchev–Trinajstić information content (AvgIpc) is 2.72. The molecular weight excluding hydrogens is 354 g/mol. The molecule has 146 valence electrons. The Bertz CT molecular complexity index is 915. The van der Waals surface area contributed by atoms with Crippen LogP contribution in [0.1, 0.15) is 39.1 Å². The lowest BCUT2D eigenvalue weighted by Gasteiger charge is -2.51. The van der Waals surface area contributed by atoms with E-state index in [-0.39, 0.29) is 11.8 Å². The number of benzene rings is 2. The third kappa shape index (κ3) is 2.99. The first kappa shape index (κ1) is 18.3. The molecule has 2 aromatic rings. The standard InChI is InChI=1S/C22H25N3O3/c1-15-4-9-19-18(14-15)20(26)23-22(24(19)2)10-12-25(13-11-22)21(27)16-5-7-17(28-3)8-6-16/h4-9,14H,10-13H2,1-3H3,(H,23,26). The SMILES string of the molecule is COc1ccc(C(=O)N2CCC3(CC2)NC(=O)c2cc(C)ccc2N3C)cc1. The highest BCUT2D eigenvalue weighted by Gasteiger charge is 2.44. The van der Waals surface area contributed by atoms with E-state index in [1.165, 1.54) is 0 Å². The highest BCUT2D eigenvalue weighted by Crippen LogP contribution is 2.36. The van der Waals surface area contributed by atoms with Crippen LogP contribution in [0.3, 0.4) is 0 Å². The van der Waals surface area contributed by atoms with Crippen molar-refractivity contribution in [2.75, 3.05) is 32.1 Å². The number of hydrogen-bond acceptors (Lipinski definition) is 4. The topological polar surface area (TPSA) is 61.9 Å². The Labute approximate surface area is 165 Å². The largest absolute Gasteiger partial charge is 0.497 e. The summed E-state index contributed by atoms with van der Waals surface area (Å²) in [5.41, 5.74) is 2.93. The maximum atomic E-state index is 12.8. The van der Waals surface area contributed by atoms with E-state index in [0.29, 0.717) is 37.1 Å². The molecule has 2 heterocycles. The Morgan fingerprint density at radius 2 is 1.79 bits per heavy atom. The van der Waals surface area contributed by atoms with Gasteiger partial charge in [-0.2, -0.15) is 0 Å². The van der Waals surface area contributed by atoms with Crippen molar-refractivity contribution in [2.24, 2.45) is 0 Å². The van der Waals surface area contributed by atoms with Gasteiger partial charge in [-0.15, -0.1) is 0 Å². The second-order valence-corrected chi connectivity index (χ2v) is 7.59. The van der Waals surface area contributed by atoms with Gasteiger partial charge in [0.1, 0.15) is 11.4 Å². The number of hydrogen-bond donors (Lipinski definition) is 1. The van der Waals surface area contributed by atoms with E-state index in [1.807, 2.05) is 37.1 Å². The number of nitrogens with zero attached hydrogens (tertiary/aromatic N) is 2. The zero-order valence-electron chi connectivity index (χ0n) is 16.5. The number of fused-ring (bicyclic) bond motifs is 1. The molecule has 0 unspecified atom stereocenters. The van der Waals surface area contributed by atoms with Gasteiger partial charge >= 0.3 is 0 Å². The minimum atomic E-state index is -0.448. The first-order chi connectivity index (χ1) is 13.4. The number of rotatable bonds is 2. The molecule has 0 saturated carbocycles. The molecule has 0 atom stereocenters. The van der Waals surface area contributed by atoms with E-state index < -0.39 is 5.66 Å². The lowest BCUT2D eigenvalue weighted by molar-refractivity contribution is 0.0609. The summed E-state index contributed by atoms with van der Waals surface area (Å²) in [4.78, 5) is 29.6. The molecule has 28 heavy (non-hydrogen) atoms. The third-order valence-corrected chi connectivity index (χ3v) is 5.96. The van der Waals surface area contributed by atoms with Crippen molar-refractivity contribution in [1.29, 1.82) is 0 Å². The van der Waals surface area contributed by atoms with Gasteiger partial charge in [0.15, 0.2) is 0 Å². The van der Waals surface area contributed by atoms with Gasteiger partial charge in [0.25, 0.3) is 11.8 Å². The van der Waals surface area contributed by atoms with Crippen molar-refractivity contribution in [1.82, 2.24) is 10.2 Å². The number of anilines is 1. The van der Waals surface area contributed by atoms with Crippen molar-refractivity contribution in [3.05, 3.63) is 59.2 Å². The van der Waals surface area contributed by atoms with Gasteiger partial charge in [-0.3, -0.25) is 9.59 Å². The summed E-state index contributed by atoms with van der Waals surface area (Å²) in [5, 5.41) is 3.21. The Hall–Kier alpha value is -3.02. The molecule has 0 aromatic heterocycles. The first-order valence-electron chi connectivity index (χ1n) is 9.54. The Balaban J connectivity index is 1.50. The summed E-state index contributed by atoms with van der Waals surface area (Å²) in [7, 11) is 3.63. The lowest BCUT2D eigenvalue weighted by atomic mass is 9.90. The fourth-order valence-electron chi connectivity index (χ4n) is 4.17. The summed E-state index contributed by atoms with van der Waals surface area (Å²) in [6.45, 7) is 3.18. The van der Waals surface area contributed by atoms with E-state index >= 15 is 0 Å². The van der Waals surface area contributed by atoms with E-state index in [2.05, 4.69) is 10.2 Å². The average molecular weight is 379 g/mol. The second kappa shape index (κ2) is 6.86. The molecule has 0 aliphatic carbocycles. The maximum Gasteiger partial charge on any atom is 0.255 e. The molecule has 2 aliphatic heterocycles. The summed E-state index contributed by atoms with van der Waals surface area (Å²) in [5.74, 6) is 0.708. The monoisotopic (exact) mass is 379 g/mol. The van der Waals surface area contributed by atoms with Crippen LogP contribution in [0.15, 0.2) is 42.5 Å². The zero-order valence-corrected chi connectivity index (χ0v) is 16.5.